The third-order valence-electron chi connectivity index (χ3n) is 4.90. The average molecular weight is 348 g/mol. The summed E-state index contributed by atoms with van der Waals surface area (Å²) in [4.78, 5) is 12.0. The molecule has 1 unspecified atom stereocenters. The first-order valence-electron chi connectivity index (χ1n) is 9.45. The molecule has 0 aliphatic carbocycles. The van der Waals surface area contributed by atoms with Gasteiger partial charge in [-0.3, -0.25) is 9.98 Å². The Morgan fingerprint density at radius 1 is 0.885 bits per heavy atom. The van der Waals surface area contributed by atoms with Crippen LogP contribution in [0.25, 0.3) is 0 Å². The number of hydrogen-bond acceptors (Lipinski definition) is 3. The monoisotopic (exact) mass is 347 g/mol. The predicted octanol–water partition coefficient (Wildman–Crippen LogP) is 6.21. The van der Waals surface area contributed by atoms with Crippen molar-refractivity contribution in [3.05, 3.63) is 71.2 Å². The van der Waals surface area contributed by atoms with Crippen LogP contribution in [-0.2, 0) is 0 Å². The molecule has 0 spiro atoms. The summed E-state index contributed by atoms with van der Waals surface area (Å²) in [5, 5.41) is 0. The number of benzene rings is 1. The van der Waals surface area contributed by atoms with Crippen LogP contribution >= 0.6 is 0 Å². The van der Waals surface area contributed by atoms with Crippen molar-refractivity contribution in [2.75, 3.05) is 4.90 Å². The molecule has 2 aromatic rings. The lowest BCUT2D eigenvalue weighted by atomic mass is 9.91. The van der Waals surface area contributed by atoms with Crippen LogP contribution in [0.15, 0.2) is 59.4 Å². The Labute approximate surface area is 157 Å². The molecule has 0 saturated heterocycles. The number of nitrogens with zero attached hydrogens (tertiary/aromatic N) is 3. The summed E-state index contributed by atoms with van der Waals surface area (Å²) >= 11 is 0. The first-order chi connectivity index (χ1) is 12.4. The maximum atomic E-state index is 4.97. The van der Waals surface area contributed by atoms with Crippen LogP contribution in [0.1, 0.15) is 76.4 Å². The van der Waals surface area contributed by atoms with E-state index in [9.17, 15) is 0 Å². The molecule has 0 N–H and O–H groups in total. The molecule has 1 atom stereocenters. The molecule has 3 heteroatoms. The summed E-state index contributed by atoms with van der Waals surface area (Å²) in [5.41, 5.74) is 7.25. The van der Waals surface area contributed by atoms with Gasteiger partial charge in [0.15, 0.2) is 6.17 Å². The van der Waals surface area contributed by atoms with Crippen LogP contribution in [0.5, 0.6) is 0 Å². The molecule has 0 radical (unpaired) electrons. The minimum Gasteiger partial charge on any atom is -0.317 e. The van der Waals surface area contributed by atoms with E-state index in [1.165, 1.54) is 22.5 Å². The molecule has 1 aliphatic rings. The standard InChI is InChI=1S/C23H29N3/c1-15(2)19-10-9-11-20(16(3)4)22(19)26-18(6)14-17(5)25-23(26)21-12-7-8-13-24-21/h7-16,23H,1-6H3. The number of para-hydroxylation sites is 1. The van der Waals surface area contributed by atoms with Crippen molar-refractivity contribution in [1.29, 1.82) is 0 Å². The van der Waals surface area contributed by atoms with Crippen molar-refractivity contribution in [1.82, 2.24) is 4.98 Å². The van der Waals surface area contributed by atoms with Gasteiger partial charge < -0.3 is 4.90 Å². The summed E-state index contributed by atoms with van der Waals surface area (Å²) in [6, 6.07) is 12.7. The van der Waals surface area contributed by atoms with Gasteiger partial charge in [-0.25, -0.2) is 0 Å². The Morgan fingerprint density at radius 2 is 1.54 bits per heavy atom. The van der Waals surface area contributed by atoms with Crippen molar-refractivity contribution in [2.45, 2.75) is 59.5 Å². The second-order valence-electron chi connectivity index (χ2n) is 7.65. The third kappa shape index (κ3) is 3.44. The number of hydrogen-bond donors (Lipinski definition) is 0. The Kier molecular flexibility index (Phi) is 5.26. The van der Waals surface area contributed by atoms with Gasteiger partial charge in [0.1, 0.15) is 0 Å². The largest absolute Gasteiger partial charge is 0.317 e. The van der Waals surface area contributed by atoms with Crippen molar-refractivity contribution < 1.29 is 0 Å². The minimum absolute atomic E-state index is 0.126. The molecular formula is C23H29N3. The summed E-state index contributed by atoms with van der Waals surface area (Å²) in [6.07, 6.45) is 3.89. The molecule has 0 amide bonds. The molecule has 1 aliphatic heterocycles. The Balaban J connectivity index is 2.25. The van der Waals surface area contributed by atoms with Crippen molar-refractivity contribution in [2.24, 2.45) is 4.99 Å². The Morgan fingerprint density at radius 3 is 2.08 bits per heavy atom. The topological polar surface area (TPSA) is 28.5 Å². The third-order valence-corrected chi connectivity index (χ3v) is 4.90. The quantitative estimate of drug-likeness (QED) is 0.657. The maximum Gasteiger partial charge on any atom is 0.168 e. The van der Waals surface area contributed by atoms with Crippen LogP contribution in [0.3, 0.4) is 0 Å². The van der Waals surface area contributed by atoms with Gasteiger partial charge in [-0.05, 0) is 55.0 Å². The van der Waals surface area contributed by atoms with E-state index in [1.807, 2.05) is 18.3 Å². The lowest BCUT2D eigenvalue weighted by molar-refractivity contribution is 0.663. The van der Waals surface area contributed by atoms with Crippen LogP contribution < -0.4 is 4.90 Å². The molecule has 0 saturated carbocycles. The molecule has 3 nitrogen and oxygen atoms in total. The van der Waals surface area contributed by atoms with E-state index < -0.39 is 0 Å². The lowest BCUT2D eigenvalue weighted by Crippen LogP contribution is -2.32. The highest BCUT2D eigenvalue weighted by atomic mass is 15.3. The number of aliphatic imine (C=N–C) groups is 1. The van der Waals surface area contributed by atoms with Crippen LogP contribution in [0, 0.1) is 0 Å². The normalized spacial score (nSPS) is 17.5. The number of pyridine rings is 1. The van der Waals surface area contributed by atoms with E-state index in [4.69, 9.17) is 4.99 Å². The van der Waals surface area contributed by atoms with Crippen molar-refractivity contribution in [3.63, 3.8) is 0 Å². The van der Waals surface area contributed by atoms with Crippen LogP contribution in [0.2, 0.25) is 0 Å². The van der Waals surface area contributed by atoms with E-state index in [0.717, 1.165) is 11.4 Å². The van der Waals surface area contributed by atoms with E-state index >= 15 is 0 Å². The summed E-state index contributed by atoms with van der Waals surface area (Å²) in [6.45, 7) is 13.3. The van der Waals surface area contributed by atoms with E-state index in [-0.39, 0.29) is 6.17 Å². The van der Waals surface area contributed by atoms with Crippen LogP contribution in [-0.4, -0.2) is 10.7 Å². The first kappa shape index (κ1) is 18.4. The van der Waals surface area contributed by atoms with Gasteiger partial charge in [-0.15, -0.1) is 0 Å². The number of anilines is 1. The average Bonchev–Trinajstić information content (AvgIpc) is 2.61. The van der Waals surface area contributed by atoms with Gasteiger partial charge in [0, 0.05) is 17.6 Å². The van der Waals surface area contributed by atoms with Gasteiger partial charge >= 0.3 is 0 Å². The van der Waals surface area contributed by atoms with E-state index in [0.29, 0.717) is 11.8 Å². The fourth-order valence-corrected chi connectivity index (χ4v) is 3.67. The van der Waals surface area contributed by atoms with Gasteiger partial charge in [-0.1, -0.05) is 52.0 Å². The fourth-order valence-electron chi connectivity index (χ4n) is 3.67. The van der Waals surface area contributed by atoms with Gasteiger partial charge in [-0.2, -0.15) is 0 Å². The minimum atomic E-state index is -0.126. The Bertz CT molecular complexity index is 806. The smallest absolute Gasteiger partial charge is 0.168 e. The second kappa shape index (κ2) is 7.45. The molecule has 1 aromatic carbocycles. The lowest BCUT2D eigenvalue weighted by Gasteiger charge is -2.38. The zero-order valence-corrected chi connectivity index (χ0v) is 16.7. The van der Waals surface area contributed by atoms with E-state index in [1.54, 1.807) is 0 Å². The summed E-state index contributed by atoms with van der Waals surface area (Å²) in [5.74, 6) is 0.876. The highest BCUT2D eigenvalue weighted by Crippen LogP contribution is 2.42. The second-order valence-corrected chi connectivity index (χ2v) is 7.65. The SMILES string of the molecule is CC1=CC(C)=NC(c2ccccn2)N1c1c(C(C)C)cccc1C(C)C. The number of allylic oxidation sites excluding steroid dienone is 2. The van der Waals surface area contributed by atoms with Gasteiger partial charge in [0.2, 0.25) is 0 Å². The van der Waals surface area contributed by atoms with Crippen molar-refractivity contribution >= 4 is 11.4 Å². The zero-order chi connectivity index (χ0) is 18.8. The zero-order valence-electron chi connectivity index (χ0n) is 16.7. The maximum absolute atomic E-state index is 4.97. The molecule has 26 heavy (non-hydrogen) atoms. The van der Waals surface area contributed by atoms with Gasteiger partial charge in [0.05, 0.1) is 11.4 Å². The number of aromatic nitrogens is 1. The molecule has 0 bridgehead atoms. The number of rotatable bonds is 4. The fraction of sp³-hybridized carbons (Fsp3) is 0.391. The Hall–Kier alpha value is -2.42. The molecule has 136 valence electrons. The highest BCUT2D eigenvalue weighted by Gasteiger charge is 2.30. The summed E-state index contributed by atoms with van der Waals surface area (Å²) < 4.78 is 0. The van der Waals surface area contributed by atoms with Crippen molar-refractivity contribution in [3.8, 4) is 0 Å². The predicted molar refractivity (Wildman–Crippen MR) is 111 cm³/mol. The molecule has 1 aromatic heterocycles. The highest BCUT2D eigenvalue weighted by molar-refractivity contribution is 5.95. The molecule has 0 fully saturated rings. The molecular weight excluding hydrogens is 318 g/mol. The summed E-state index contributed by atoms with van der Waals surface area (Å²) in [7, 11) is 0. The first-order valence-corrected chi connectivity index (χ1v) is 9.45. The molecule has 3 rings (SSSR count). The van der Waals surface area contributed by atoms with E-state index in [2.05, 4.69) is 81.8 Å². The molecule has 2 heterocycles. The van der Waals surface area contributed by atoms with Crippen LogP contribution in [0.4, 0.5) is 5.69 Å². The van der Waals surface area contributed by atoms with Gasteiger partial charge in [0.25, 0.3) is 0 Å².